The van der Waals surface area contributed by atoms with Crippen molar-refractivity contribution in [3.05, 3.63) is 64.4 Å². The van der Waals surface area contributed by atoms with Crippen molar-refractivity contribution < 1.29 is 13.2 Å². The van der Waals surface area contributed by atoms with Gasteiger partial charge in [-0.1, -0.05) is 29.8 Å². The van der Waals surface area contributed by atoms with E-state index in [-0.39, 0.29) is 27.5 Å². The largest absolute Gasteiger partial charge is 0.325 e. The molecule has 0 saturated heterocycles. The van der Waals surface area contributed by atoms with Gasteiger partial charge in [0.25, 0.3) is 10.0 Å². The highest BCUT2D eigenvalue weighted by atomic mass is 35.5. The van der Waals surface area contributed by atoms with Crippen molar-refractivity contribution in [1.82, 2.24) is 15.2 Å². The molecular formula is C23H21ClN6O3S2. The Kier molecular flexibility index (Phi) is 7.85. The van der Waals surface area contributed by atoms with Gasteiger partial charge in [-0.2, -0.15) is 5.26 Å². The van der Waals surface area contributed by atoms with Gasteiger partial charge in [-0.15, -0.1) is 10.2 Å². The Bertz CT molecular complexity index is 1370. The summed E-state index contributed by atoms with van der Waals surface area (Å²) < 4.78 is 27.4. The number of pyridine rings is 1. The maximum absolute atomic E-state index is 12.5. The van der Waals surface area contributed by atoms with Gasteiger partial charge in [0.1, 0.15) is 11.1 Å². The van der Waals surface area contributed by atoms with Crippen LogP contribution in [0.5, 0.6) is 0 Å². The Morgan fingerprint density at radius 3 is 2.57 bits per heavy atom. The molecule has 0 radical (unpaired) electrons. The summed E-state index contributed by atoms with van der Waals surface area (Å²) >= 11 is 6.88. The van der Waals surface area contributed by atoms with Crippen LogP contribution in [0.15, 0.2) is 52.4 Å². The first-order chi connectivity index (χ1) is 16.8. The van der Waals surface area contributed by atoms with E-state index in [1.165, 1.54) is 48.2 Å². The molecule has 3 aromatic rings. The van der Waals surface area contributed by atoms with Crippen LogP contribution < -0.4 is 10.0 Å². The molecule has 4 rings (SSSR count). The van der Waals surface area contributed by atoms with E-state index in [0.29, 0.717) is 16.3 Å². The zero-order valence-electron chi connectivity index (χ0n) is 18.5. The number of anilines is 2. The van der Waals surface area contributed by atoms with Crippen LogP contribution in [0.25, 0.3) is 0 Å². The summed E-state index contributed by atoms with van der Waals surface area (Å²) in [5.74, 6) is -0.190. The quantitative estimate of drug-likeness (QED) is 0.344. The van der Waals surface area contributed by atoms with Crippen molar-refractivity contribution in [2.75, 3.05) is 15.8 Å². The summed E-state index contributed by atoms with van der Waals surface area (Å²) in [6.07, 6.45) is 5.13. The molecule has 180 valence electrons. The molecule has 0 bridgehead atoms. The number of aromatic nitrogens is 3. The smallest absolute Gasteiger partial charge is 0.263 e. The summed E-state index contributed by atoms with van der Waals surface area (Å²) in [6, 6.07) is 12.6. The molecule has 1 aromatic carbocycles. The molecule has 0 aliphatic heterocycles. The number of carbonyl (C=O) groups is 1. The molecule has 1 aliphatic rings. The molecular weight excluding hydrogens is 508 g/mol. The number of nitriles is 1. The first-order valence-electron chi connectivity index (χ1n) is 10.8. The Balaban J connectivity index is 1.37. The van der Waals surface area contributed by atoms with Gasteiger partial charge in [-0.25, -0.2) is 13.4 Å². The number of thioether (sulfide) groups is 1. The second-order valence-corrected chi connectivity index (χ2v) is 10.9. The molecule has 0 fully saturated rings. The first kappa shape index (κ1) is 24.9. The third-order valence-electron chi connectivity index (χ3n) is 5.30. The predicted molar refractivity (Wildman–Crippen MR) is 134 cm³/mol. The number of amides is 1. The normalized spacial score (nSPS) is 13.3. The average molecular weight is 529 g/mol. The number of hydrogen-bond donors (Lipinski definition) is 2. The van der Waals surface area contributed by atoms with E-state index in [9.17, 15) is 18.5 Å². The monoisotopic (exact) mass is 528 g/mol. The molecule has 1 amide bonds. The lowest BCUT2D eigenvalue weighted by Gasteiger charge is -2.11. The second kappa shape index (κ2) is 11.0. The maximum Gasteiger partial charge on any atom is 0.263 e. The van der Waals surface area contributed by atoms with Gasteiger partial charge in [-0.3, -0.25) is 9.52 Å². The minimum atomic E-state index is -3.89. The van der Waals surface area contributed by atoms with Gasteiger partial charge in [0.05, 0.1) is 16.2 Å². The number of fused-ring (bicyclic) bond motifs is 1. The number of nitrogens with zero attached hydrogens (tertiary/aromatic N) is 4. The van der Waals surface area contributed by atoms with E-state index >= 15 is 0 Å². The number of sulfonamides is 1. The van der Waals surface area contributed by atoms with Crippen LogP contribution in [0.1, 0.15) is 36.1 Å². The Morgan fingerprint density at radius 2 is 1.86 bits per heavy atom. The Hall–Kier alpha value is -3.20. The van der Waals surface area contributed by atoms with Crippen LogP contribution in [-0.4, -0.2) is 35.3 Å². The summed E-state index contributed by atoms with van der Waals surface area (Å²) in [5.41, 5.74) is 3.06. The van der Waals surface area contributed by atoms with E-state index in [1.54, 1.807) is 0 Å². The van der Waals surface area contributed by atoms with Crippen LogP contribution in [0, 0.1) is 11.3 Å². The number of halogens is 1. The highest BCUT2D eigenvalue weighted by Gasteiger charge is 2.17. The highest BCUT2D eigenvalue weighted by molar-refractivity contribution is 8.00. The predicted octanol–water partition coefficient (Wildman–Crippen LogP) is 4.20. The first-order valence-corrected chi connectivity index (χ1v) is 13.7. The van der Waals surface area contributed by atoms with Crippen LogP contribution in [0.4, 0.5) is 11.5 Å². The van der Waals surface area contributed by atoms with E-state index in [2.05, 4.69) is 31.3 Å². The van der Waals surface area contributed by atoms with E-state index in [1.807, 2.05) is 6.07 Å². The van der Waals surface area contributed by atoms with Crippen LogP contribution in [0.2, 0.25) is 5.15 Å². The van der Waals surface area contributed by atoms with Crippen LogP contribution in [-0.2, 0) is 27.7 Å². The van der Waals surface area contributed by atoms with Gasteiger partial charge >= 0.3 is 0 Å². The van der Waals surface area contributed by atoms with Gasteiger partial charge in [-0.05, 0) is 73.7 Å². The summed E-state index contributed by atoms with van der Waals surface area (Å²) in [7, 11) is -3.89. The fourth-order valence-corrected chi connectivity index (χ4v) is 5.47. The molecule has 2 aromatic heterocycles. The lowest BCUT2D eigenvalue weighted by Crippen LogP contribution is -2.16. The fourth-order valence-electron chi connectivity index (χ4n) is 3.60. The Morgan fingerprint density at radius 1 is 1.09 bits per heavy atom. The van der Waals surface area contributed by atoms with E-state index in [0.717, 1.165) is 43.4 Å². The van der Waals surface area contributed by atoms with Crippen LogP contribution in [0.3, 0.4) is 0 Å². The molecule has 0 unspecified atom stereocenters. The summed E-state index contributed by atoms with van der Waals surface area (Å²) in [4.78, 5) is 17.1. The van der Waals surface area contributed by atoms with Crippen LogP contribution >= 0.6 is 23.4 Å². The number of rotatable bonds is 7. The third kappa shape index (κ3) is 6.48. The molecule has 2 N–H and O–H groups in total. The topological polar surface area (TPSA) is 138 Å². The lowest BCUT2D eigenvalue weighted by atomic mass is 10.1. The van der Waals surface area contributed by atoms with Crippen molar-refractivity contribution in [2.45, 2.75) is 42.0 Å². The zero-order valence-corrected chi connectivity index (χ0v) is 20.9. The van der Waals surface area contributed by atoms with Gasteiger partial charge < -0.3 is 5.32 Å². The van der Waals surface area contributed by atoms with Gasteiger partial charge in [0.2, 0.25) is 5.91 Å². The molecule has 9 nitrogen and oxygen atoms in total. The van der Waals surface area contributed by atoms with E-state index in [4.69, 9.17) is 11.6 Å². The summed E-state index contributed by atoms with van der Waals surface area (Å²) in [5, 5.41) is 20.2. The number of aryl methyl sites for hydroxylation is 2. The van der Waals surface area contributed by atoms with Crippen molar-refractivity contribution >= 4 is 50.8 Å². The minimum Gasteiger partial charge on any atom is -0.325 e. The second-order valence-electron chi connectivity index (χ2n) is 7.83. The SMILES string of the molecule is N#Cc1cc2c(nc1SCC(=O)Nc1ccc(S(=O)(=O)Nc3ccc(Cl)nn3)cc1)CCCCC2. The number of hydrogen-bond acceptors (Lipinski definition) is 8. The fraction of sp³-hybridized carbons (Fsp3) is 0.261. The van der Waals surface area contributed by atoms with Crippen molar-refractivity contribution in [3.63, 3.8) is 0 Å². The maximum atomic E-state index is 12.5. The van der Waals surface area contributed by atoms with Crippen molar-refractivity contribution in [1.29, 1.82) is 5.26 Å². The zero-order chi connectivity index (χ0) is 24.8. The molecule has 35 heavy (non-hydrogen) atoms. The minimum absolute atomic E-state index is 0.00513. The average Bonchev–Trinajstić information content (AvgIpc) is 3.08. The molecule has 0 atom stereocenters. The van der Waals surface area contributed by atoms with Gasteiger partial charge in [0.15, 0.2) is 11.0 Å². The molecule has 12 heteroatoms. The number of benzene rings is 1. The molecule has 1 aliphatic carbocycles. The highest BCUT2D eigenvalue weighted by Crippen LogP contribution is 2.27. The standard InChI is InChI=1S/C23H21ClN6O3S2/c24-20-10-11-21(29-28-20)30-35(32,33)18-8-6-17(7-9-18)26-22(31)14-34-23-16(13-25)12-15-4-2-1-3-5-19(15)27-23/h6-12H,1-5,14H2,(H,26,31)(H,29,30). The van der Waals surface area contributed by atoms with E-state index < -0.39 is 10.0 Å². The Labute approximate surface area is 212 Å². The molecule has 2 heterocycles. The molecule has 0 spiro atoms. The molecule has 0 saturated carbocycles. The number of carbonyl (C=O) groups excluding carboxylic acids is 1. The number of nitrogens with one attached hydrogen (secondary N) is 2. The van der Waals surface area contributed by atoms with Crippen molar-refractivity contribution in [3.8, 4) is 6.07 Å². The van der Waals surface area contributed by atoms with Crippen molar-refractivity contribution in [2.24, 2.45) is 0 Å². The summed E-state index contributed by atoms with van der Waals surface area (Å²) in [6.45, 7) is 0. The van der Waals surface area contributed by atoms with Gasteiger partial charge in [0, 0.05) is 11.4 Å². The third-order valence-corrected chi connectivity index (χ3v) is 7.86. The lowest BCUT2D eigenvalue weighted by molar-refractivity contribution is -0.113.